The van der Waals surface area contributed by atoms with Gasteiger partial charge < -0.3 is 10.1 Å². The molecule has 0 saturated carbocycles. The van der Waals surface area contributed by atoms with Crippen LogP contribution in [0.5, 0.6) is 5.75 Å². The topological polar surface area (TPSA) is 51.2 Å². The normalized spacial score (nSPS) is 12.3. The van der Waals surface area contributed by atoms with Crippen molar-refractivity contribution in [3.63, 3.8) is 0 Å². The lowest BCUT2D eigenvalue weighted by Crippen LogP contribution is -2.24. The fourth-order valence-corrected chi connectivity index (χ4v) is 1.93. The fraction of sp³-hybridized carbons (Fsp3) is 0.176. The minimum atomic E-state index is -2.85. The van der Waals surface area contributed by atoms with E-state index < -0.39 is 6.61 Å². The number of ether oxygens (including phenoxy) is 1. The molecule has 0 bridgehead atoms. The summed E-state index contributed by atoms with van der Waals surface area (Å²) in [5.41, 5.74) is 1.66. The molecule has 23 heavy (non-hydrogen) atoms. The van der Waals surface area contributed by atoms with Crippen molar-refractivity contribution in [2.45, 2.75) is 19.6 Å². The molecule has 0 aliphatic rings. The van der Waals surface area contributed by atoms with Crippen molar-refractivity contribution < 1.29 is 18.3 Å². The van der Waals surface area contributed by atoms with Crippen LogP contribution in [0.3, 0.4) is 0 Å². The molecule has 2 rings (SSSR count). The average molecular weight is 318 g/mol. The number of alkyl halides is 2. The Bertz CT molecular complexity index is 658. The first-order chi connectivity index (χ1) is 11.0. The number of pyridine rings is 1. The van der Waals surface area contributed by atoms with Gasteiger partial charge in [0.25, 0.3) is 0 Å². The molecule has 2 aromatic rings. The van der Waals surface area contributed by atoms with Gasteiger partial charge in [0.1, 0.15) is 5.75 Å². The number of amides is 1. The van der Waals surface area contributed by atoms with Gasteiger partial charge in [-0.2, -0.15) is 8.78 Å². The Morgan fingerprint density at radius 2 is 1.83 bits per heavy atom. The van der Waals surface area contributed by atoms with Gasteiger partial charge in [0.2, 0.25) is 5.91 Å². The summed E-state index contributed by atoms with van der Waals surface area (Å²) in [5.74, 6) is -0.171. The van der Waals surface area contributed by atoms with Crippen LogP contribution in [-0.2, 0) is 4.79 Å². The van der Waals surface area contributed by atoms with Crippen molar-refractivity contribution >= 4 is 12.0 Å². The van der Waals surface area contributed by atoms with E-state index in [1.54, 1.807) is 30.6 Å². The van der Waals surface area contributed by atoms with Gasteiger partial charge in [-0.15, -0.1) is 0 Å². The Balaban J connectivity index is 1.90. The highest BCUT2D eigenvalue weighted by atomic mass is 19.3. The minimum absolute atomic E-state index is 0.0768. The molecule has 0 aliphatic carbocycles. The second-order valence-electron chi connectivity index (χ2n) is 4.79. The summed E-state index contributed by atoms with van der Waals surface area (Å²) in [5, 5.41) is 2.83. The molecule has 0 fully saturated rings. The molecule has 120 valence electrons. The Morgan fingerprint density at radius 3 is 2.43 bits per heavy atom. The molecule has 1 N–H and O–H groups in total. The number of hydrogen-bond acceptors (Lipinski definition) is 3. The van der Waals surface area contributed by atoms with Crippen molar-refractivity contribution in [1.82, 2.24) is 10.3 Å². The number of hydrogen-bond donors (Lipinski definition) is 1. The van der Waals surface area contributed by atoms with Crippen LogP contribution in [0.1, 0.15) is 24.1 Å². The average Bonchev–Trinajstić information content (AvgIpc) is 2.54. The molecular weight excluding hydrogens is 302 g/mol. The maximum absolute atomic E-state index is 12.0. The van der Waals surface area contributed by atoms with E-state index in [0.29, 0.717) is 5.56 Å². The van der Waals surface area contributed by atoms with E-state index in [4.69, 9.17) is 0 Å². The molecule has 6 heteroatoms. The van der Waals surface area contributed by atoms with Crippen molar-refractivity contribution in [3.05, 3.63) is 66.0 Å². The first-order valence-electron chi connectivity index (χ1n) is 6.98. The highest BCUT2D eigenvalue weighted by Gasteiger charge is 2.07. The van der Waals surface area contributed by atoms with Crippen LogP contribution in [0.4, 0.5) is 8.78 Å². The summed E-state index contributed by atoms with van der Waals surface area (Å²) in [6.45, 7) is -0.978. The van der Waals surface area contributed by atoms with Gasteiger partial charge >= 0.3 is 6.61 Å². The summed E-state index contributed by atoms with van der Waals surface area (Å²) in [6, 6.07) is 9.54. The number of aromatic nitrogens is 1. The maximum atomic E-state index is 12.0. The van der Waals surface area contributed by atoms with Gasteiger partial charge in [-0.3, -0.25) is 9.78 Å². The molecule has 0 spiro atoms. The van der Waals surface area contributed by atoms with Crippen LogP contribution in [0.2, 0.25) is 0 Å². The van der Waals surface area contributed by atoms with Crippen molar-refractivity contribution in [3.8, 4) is 5.75 Å². The zero-order valence-electron chi connectivity index (χ0n) is 12.4. The lowest BCUT2D eigenvalue weighted by molar-refractivity contribution is -0.117. The van der Waals surface area contributed by atoms with Gasteiger partial charge in [0.05, 0.1) is 6.04 Å². The van der Waals surface area contributed by atoms with Crippen LogP contribution in [0, 0.1) is 0 Å². The predicted octanol–water partition coefficient (Wildman–Crippen LogP) is 3.57. The number of benzene rings is 1. The second kappa shape index (κ2) is 8.03. The molecule has 1 unspecified atom stereocenters. The molecule has 0 saturated heterocycles. The summed E-state index contributed by atoms with van der Waals surface area (Å²) in [7, 11) is 0. The Labute approximate surface area is 132 Å². The largest absolute Gasteiger partial charge is 0.435 e. The fourth-order valence-electron chi connectivity index (χ4n) is 1.93. The van der Waals surface area contributed by atoms with Gasteiger partial charge in [0.15, 0.2) is 0 Å². The van der Waals surface area contributed by atoms with Crippen LogP contribution in [0.15, 0.2) is 54.9 Å². The van der Waals surface area contributed by atoms with Gasteiger partial charge in [0, 0.05) is 18.5 Å². The molecule has 1 aromatic heterocycles. The number of carbonyl (C=O) groups excluding carboxylic acids is 1. The van der Waals surface area contributed by atoms with E-state index >= 15 is 0 Å². The lowest BCUT2D eigenvalue weighted by atomic mass is 10.1. The first kappa shape index (κ1) is 16.6. The standard InChI is InChI=1S/C17H16F2N2O2/c1-12(14-8-10-20-11-9-14)21-16(22)7-4-13-2-5-15(6-3-13)23-17(18)19/h2-12,17H,1H3,(H,21,22)/b7-4+. The highest BCUT2D eigenvalue weighted by Crippen LogP contribution is 2.16. The summed E-state index contributed by atoms with van der Waals surface area (Å²) in [6.07, 6.45) is 6.31. The quantitative estimate of drug-likeness (QED) is 0.828. The molecule has 4 nitrogen and oxygen atoms in total. The highest BCUT2D eigenvalue weighted by molar-refractivity contribution is 5.91. The molecule has 0 radical (unpaired) electrons. The Kier molecular flexibility index (Phi) is 5.80. The molecular formula is C17H16F2N2O2. The molecule has 1 amide bonds. The summed E-state index contributed by atoms with van der Waals surface area (Å²) >= 11 is 0. The SMILES string of the molecule is CC(NC(=O)/C=C/c1ccc(OC(F)F)cc1)c1ccncc1. The zero-order chi connectivity index (χ0) is 16.7. The monoisotopic (exact) mass is 318 g/mol. The smallest absolute Gasteiger partial charge is 0.387 e. The molecule has 1 aromatic carbocycles. The zero-order valence-corrected chi connectivity index (χ0v) is 12.4. The molecule has 1 atom stereocenters. The minimum Gasteiger partial charge on any atom is -0.435 e. The third-order valence-electron chi connectivity index (χ3n) is 3.10. The number of halogens is 2. The third-order valence-corrected chi connectivity index (χ3v) is 3.10. The molecule has 1 heterocycles. The Morgan fingerprint density at radius 1 is 1.17 bits per heavy atom. The number of nitrogens with zero attached hydrogens (tertiary/aromatic N) is 1. The number of nitrogens with one attached hydrogen (secondary N) is 1. The molecule has 0 aliphatic heterocycles. The van der Waals surface area contributed by atoms with E-state index in [0.717, 1.165) is 5.56 Å². The van der Waals surface area contributed by atoms with Crippen LogP contribution in [0.25, 0.3) is 6.08 Å². The van der Waals surface area contributed by atoms with Gasteiger partial charge in [-0.1, -0.05) is 12.1 Å². The number of carbonyl (C=O) groups is 1. The van der Waals surface area contributed by atoms with Gasteiger partial charge in [-0.05, 0) is 48.4 Å². The van der Waals surface area contributed by atoms with Gasteiger partial charge in [-0.25, -0.2) is 0 Å². The van der Waals surface area contributed by atoms with Crippen LogP contribution >= 0.6 is 0 Å². The predicted molar refractivity (Wildman–Crippen MR) is 82.9 cm³/mol. The van der Waals surface area contributed by atoms with E-state index in [9.17, 15) is 13.6 Å². The third kappa shape index (κ3) is 5.50. The summed E-state index contributed by atoms with van der Waals surface area (Å²) < 4.78 is 28.3. The van der Waals surface area contributed by atoms with Crippen LogP contribution < -0.4 is 10.1 Å². The maximum Gasteiger partial charge on any atom is 0.387 e. The van der Waals surface area contributed by atoms with E-state index in [-0.39, 0.29) is 17.7 Å². The summed E-state index contributed by atoms with van der Waals surface area (Å²) in [4.78, 5) is 15.8. The first-order valence-corrected chi connectivity index (χ1v) is 6.98. The van der Waals surface area contributed by atoms with Crippen molar-refractivity contribution in [1.29, 1.82) is 0 Å². The van der Waals surface area contributed by atoms with Crippen molar-refractivity contribution in [2.24, 2.45) is 0 Å². The van der Waals surface area contributed by atoms with Crippen LogP contribution in [-0.4, -0.2) is 17.5 Å². The number of rotatable bonds is 6. The lowest BCUT2D eigenvalue weighted by Gasteiger charge is -2.12. The van der Waals surface area contributed by atoms with Crippen molar-refractivity contribution in [2.75, 3.05) is 0 Å². The second-order valence-corrected chi connectivity index (χ2v) is 4.79. The Hall–Kier alpha value is -2.76. The van der Waals surface area contributed by atoms with E-state index in [1.165, 1.54) is 18.2 Å². The van der Waals surface area contributed by atoms with E-state index in [1.807, 2.05) is 19.1 Å². The van der Waals surface area contributed by atoms with E-state index in [2.05, 4.69) is 15.0 Å².